The molecule has 1 aliphatic rings. The third-order valence-corrected chi connectivity index (χ3v) is 4.76. The highest BCUT2D eigenvalue weighted by molar-refractivity contribution is 9.11. The molecule has 2 N–H and O–H groups in total. The van der Waals surface area contributed by atoms with Crippen LogP contribution >= 0.6 is 31.9 Å². The van der Waals surface area contributed by atoms with Crippen LogP contribution in [0.4, 0.5) is 5.69 Å². The van der Waals surface area contributed by atoms with Gasteiger partial charge in [-0.1, -0.05) is 0 Å². The van der Waals surface area contributed by atoms with Gasteiger partial charge in [0.2, 0.25) is 5.91 Å². The van der Waals surface area contributed by atoms with E-state index in [1.54, 1.807) is 0 Å². The number of likely N-dealkylation sites (tertiary alicyclic amines) is 1. The SMILES string of the molecule is Cc1cc(Br)c(NC(=O)CN2CCC[C@@H]2CO)c(Br)c1. The number of amides is 1. The fourth-order valence-corrected chi connectivity index (χ4v) is 4.11. The molecule has 1 aromatic rings. The van der Waals surface area contributed by atoms with Gasteiger partial charge in [0.15, 0.2) is 0 Å². The van der Waals surface area contributed by atoms with Gasteiger partial charge in [-0.15, -0.1) is 0 Å². The molecule has 110 valence electrons. The average molecular weight is 406 g/mol. The van der Waals surface area contributed by atoms with Gasteiger partial charge in [-0.05, 0) is 75.9 Å². The lowest BCUT2D eigenvalue weighted by atomic mass is 10.2. The van der Waals surface area contributed by atoms with Gasteiger partial charge < -0.3 is 10.4 Å². The molecule has 1 fully saturated rings. The Hall–Kier alpha value is -0.430. The van der Waals surface area contributed by atoms with Crippen molar-refractivity contribution in [1.82, 2.24) is 4.90 Å². The van der Waals surface area contributed by atoms with E-state index in [0.717, 1.165) is 39.6 Å². The second-order valence-electron chi connectivity index (χ2n) is 5.10. The summed E-state index contributed by atoms with van der Waals surface area (Å²) in [6.07, 6.45) is 2.00. The van der Waals surface area contributed by atoms with E-state index in [2.05, 4.69) is 37.2 Å². The number of halogens is 2. The molecule has 1 amide bonds. The highest BCUT2D eigenvalue weighted by atomic mass is 79.9. The van der Waals surface area contributed by atoms with E-state index in [1.807, 2.05) is 24.0 Å². The minimum Gasteiger partial charge on any atom is -0.395 e. The highest BCUT2D eigenvalue weighted by Crippen LogP contribution is 2.32. The minimum atomic E-state index is -0.0596. The molecule has 0 spiro atoms. The predicted octanol–water partition coefficient (Wildman–Crippen LogP) is 2.92. The first kappa shape index (κ1) is 15.9. The molecule has 0 saturated carbocycles. The summed E-state index contributed by atoms with van der Waals surface area (Å²) in [7, 11) is 0. The number of aliphatic hydroxyl groups is 1. The average Bonchev–Trinajstić information content (AvgIpc) is 2.81. The van der Waals surface area contributed by atoms with Crippen molar-refractivity contribution in [1.29, 1.82) is 0 Å². The molecule has 1 saturated heterocycles. The van der Waals surface area contributed by atoms with Crippen molar-refractivity contribution in [3.8, 4) is 0 Å². The molecular formula is C14H18Br2N2O2. The fourth-order valence-electron chi connectivity index (χ4n) is 2.49. The number of hydrogen-bond donors (Lipinski definition) is 2. The molecule has 20 heavy (non-hydrogen) atoms. The molecule has 4 nitrogen and oxygen atoms in total. The molecular weight excluding hydrogens is 388 g/mol. The first-order chi connectivity index (χ1) is 9.51. The van der Waals surface area contributed by atoms with E-state index in [-0.39, 0.29) is 18.6 Å². The van der Waals surface area contributed by atoms with E-state index in [4.69, 9.17) is 0 Å². The van der Waals surface area contributed by atoms with Crippen molar-refractivity contribution in [2.45, 2.75) is 25.8 Å². The zero-order valence-corrected chi connectivity index (χ0v) is 14.5. The Morgan fingerprint density at radius 3 is 2.70 bits per heavy atom. The Kier molecular flexibility index (Phi) is 5.60. The van der Waals surface area contributed by atoms with Crippen molar-refractivity contribution in [3.63, 3.8) is 0 Å². The Bertz CT molecular complexity index is 485. The van der Waals surface area contributed by atoms with Gasteiger partial charge in [0.05, 0.1) is 18.8 Å². The van der Waals surface area contributed by atoms with Crippen molar-refractivity contribution in [2.24, 2.45) is 0 Å². The van der Waals surface area contributed by atoms with E-state index in [9.17, 15) is 9.90 Å². The summed E-state index contributed by atoms with van der Waals surface area (Å²) in [5, 5.41) is 12.2. The molecule has 0 unspecified atom stereocenters. The van der Waals surface area contributed by atoms with Crippen molar-refractivity contribution >= 4 is 43.5 Å². The van der Waals surface area contributed by atoms with Crippen LogP contribution in [0, 0.1) is 6.92 Å². The van der Waals surface area contributed by atoms with Gasteiger partial charge >= 0.3 is 0 Å². The molecule has 1 aliphatic heterocycles. The van der Waals surface area contributed by atoms with Crippen LogP contribution in [0.2, 0.25) is 0 Å². The van der Waals surface area contributed by atoms with Gasteiger partial charge in [-0.2, -0.15) is 0 Å². The van der Waals surface area contributed by atoms with Gasteiger partial charge in [0, 0.05) is 15.0 Å². The first-order valence-corrected chi connectivity index (χ1v) is 8.20. The number of benzene rings is 1. The summed E-state index contributed by atoms with van der Waals surface area (Å²) >= 11 is 6.93. The van der Waals surface area contributed by atoms with Crippen LogP contribution in [0.5, 0.6) is 0 Å². The van der Waals surface area contributed by atoms with Gasteiger partial charge in [-0.3, -0.25) is 9.69 Å². The maximum atomic E-state index is 12.1. The number of aryl methyl sites for hydroxylation is 1. The third kappa shape index (κ3) is 3.81. The summed E-state index contributed by atoms with van der Waals surface area (Å²) in [6.45, 7) is 3.30. The Balaban J connectivity index is 2.01. The van der Waals surface area contributed by atoms with E-state index in [1.165, 1.54) is 0 Å². The van der Waals surface area contributed by atoms with Gasteiger partial charge in [-0.25, -0.2) is 0 Å². The van der Waals surface area contributed by atoms with Gasteiger partial charge in [0.25, 0.3) is 0 Å². The molecule has 0 aromatic heterocycles. The Morgan fingerprint density at radius 1 is 1.45 bits per heavy atom. The number of nitrogens with zero attached hydrogens (tertiary/aromatic N) is 1. The van der Waals surface area contributed by atoms with Gasteiger partial charge in [0.1, 0.15) is 0 Å². The molecule has 1 aromatic carbocycles. The van der Waals surface area contributed by atoms with E-state index in [0.29, 0.717) is 6.54 Å². The molecule has 6 heteroatoms. The van der Waals surface area contributed by atoms with Crippen LogP contribution in [-0.2, 0) is 4.79 Å². The minimum absolute atomic E-state index is 0.0596. The lowest BCUT2D eigenvalue weighted by Gasteiger charge is -2.22. The second-order valence-corrected chi connectivity index (χ2v) is 6.81. The highest BCUT2D eigenvalue weighted by Gasteiger charge is 2.25. The molecule has 1 heterocycles. The molecule has 0 aliphatic carbocycles. The first-order valence-electron chi connectivity index (χ1n) is 6.61. The van der Waals surface area contributed by atoms with Crippen LogP contribution in [-0.4, -0.2) is 41.7 Å². The molecule has 0 radical (unpaired) electrons. The number of carbonyl (C=O) groups is 1. The summed E-state index contributed by atoms with van der Waals surface area (Å²) in [5.74, 6) is -0.0596. The molecule has 1 atom stereocenters. The fraction of sp³-hybridized carbons (Fsp3) is 0.500. The van der Waals surface area contributed by atoms with E-state index >= 15 is 0 Å². The number of rotatable bonds is 4. The van der Waals surface area contributed by atoms with Crippen molar-refractivity contribution < 1.29 is 9.90 Å². The molecule has 0 bridgehead atoms. The second kappa shape index (κ2) is 7.02. The summed E-state index contributed by atoms with van der Waals surface area (Å²) < 4.78 is 1.72. The summed E-state index contributed by atoms with van der Waals surface area (Å²) in [5.41, 5.74) is 1.86. The molecule has 2 rings (SSSR count). The van der Waals surface area contributed by atoms with Crippen LogP contribution in [0.25, 0.3) is 0 Å². The number of anilines is 1. The van der Waals surface area contributed by atoms with Crippen LogP contribution < -0.4 is 5.32 Å². The van der Waals surface area contributed by atoms with Crippen LogP contribution in [0.1, 0.15) is 18.4 Å². The number of aliphatic hydroxyl groups excluding tert-OH is 1. The number of hydrogen-bond acceptors (Lipinski definition) is 3. The van der Waals surface area contributed by atoms with Crippen LogP contribution in [0.3, 0.4) is 0 Å². The smallest absolute Gasteiger partial charge is 0.238 e. The zero-order valence-electron chi connectivity index (χ0n) is 11.3. The van der Waals surface area contributed by atoms with Crippen molar-refractivity contribution in [3.05, 3.63) is 26.6 Å². The predicted molar refractivity (Wildman–Crippen MR) is 86.9 cm³/mol. The maximum absolute atomic E-state index is 12.1. The third-order valence-electron chi connectivity index (χ3n) is 3.51. The topological polar surface area (TPSA) is 52.6 Å². The normalized spacial score (nSPS) is 19.3. The standard InChI is InChI=1S/C14H18Br2N2O2/c1-9-5-11(15)14(12(16)6-9)17-13(20)7-18-4-2-3-10(18)8-19/h5-6,10,19H,2-4,7-8H2,1H3,(H,17,20)/t10-/m1/s1. The number of nitrogens with one attached hydrogen (secondary N) is 1. The summed E-state index contributed by atoms with van der Waals surface area (Å²) in [4.78, 5) is 14.2. The lowest BCUT2D eigenvalue weighted by molar-refractivity contribution is -0.117. The Labute approximate surface area is 135 Å². The monoisotopic (exact) mass is 404 g/mol. The maximum Gasteiger partial charge on any atom is 0.238 e. The largest absolute Gasteiger partial charge is 0.395 e. The zero-order chi connectivity index (χ0) is 14.7. The summed E-state index contributed by atoms with van der Waals surface area (Å²) in [6, 6.07) is 4.05. The lowest BCUT2D eigenvalue weighted by Crippen LogP contribution is -2.38. The van der Waals surface area contributed by atoms with Crippen LogP contribution in [0.15, 0.2) is 21.1 Å². The van der Waals surface area contributed by atoms with Crippen molar-refractivity contribution in [2.75, 3.05) is 25.0 Å². The number of carbonyl (C=O) groups excluding carboxylic acids is 1. The van der Waals surface area contributed by atoms with E-state index < -0.39 is 0 Å². The Morgan fingerprint density at radius 2 is 2.10 bits per heavy atom. The quantitative estimate of drug-likeness (QED) is 0.809.